The van der Waals surface area contributed by atoms with Crippen molar-refractivity contribution in [2.45, 2.75) is 72.1 Å². The topological polar surface area (TPSA) is 24.5 Å². The summed E-state index contributed by atoms with van der Waals surface area (Å²) >= 11 is 0. The Morgan fingerprint density at radius 3 is 2.53 bits per heavy atom. The van der Waals surface area contributed by atoms with Crippen LogP contribution in [-0.2, 0) is 4.74 Å². The molecule has 0 bridgehead atoms. The van der Waals surface area contributed by atoms with Crippen LogP contribution in [-0.4, -0.2) is 48.8 Å². The third-order valence-electron chi connectivity index (χ3n) is 3.86. The monoisotopic (exact) mass is 270 g/mol. The first kappa shape index (κ1) is 16.9. The molecule has 1 aliphatic heterocycles. The minimum absolute atomic E-state index is 0.0236. The summed E-state index contributed by atoms with van der Waals surface area (Å²) in [6.45, 7) is 17.5. The molecule has 1 fully saturated rings. The highest BCUT2D eigenvalue weighted by Crippen LogP contribution is 2.17. The quantitative estimate of drug-likeness (QED) is 0.803. The van der Waals surface area contributed by atoms with Crippen molar-refractivity contribution in [3.05, 3.63) is 0 Å². The lowest BCUT2D eigenvalue weighted by atomic mass is 9.97. The first-order valence-electron chi connectivity index (χ1n) is 7.95. The largest absolute Gasteiger partial charge is 0.375 e. The first-order valence-corrected chi connectivity index (χ1v) is 7.95. The second-order valence-electron chi connectivity index (χ2n) is 7.16. The van der Waals surface area contributed by atoms with E-state index in [4.69, 9.17) is 4.74 Å². The summed E-state index contributed by atoms with van der Waals surface area (Å²) < 4.78 is 5.89. The molecule has 0 saturated carbocycles. The van der Waals surface area contributed by atoms with Crippen LogP contribution < -0.4 is 5.32 Å². The van der Waals surface area contributed by atoms with Gasteiger partial charge in [-0.1, -0.05) is 27.2 Å². The van der Waals surface area contributed by atoms with Crippen molar-refractivity contribution in [1.29, 1.82) is 0 Å². The van der Waals surface area contributed by atoms with Crippen molar-refractivity contribution in [2.75, 3.05) is 26.2 Å². The zero-order valence-electron chi connectivity index (χ0n) is 13.8. The van der Waals surface area contributed by atoms with Gasteiger partial charge in [0.25, 0.3) is 0 Å². The van der Waals surface area contributed by atoms with Gasteiger partial charge in [0.05, 0.1) is 12.2 Å². The maximum atomic E-state index is 5.89. The highest BCUT2D eigenvalue weighted by Gasteiger charge is 2.29. The first-order chi connectivity index (χ1) is 8.83. The summed E-state index contributed by atoms with van der Waals surface area (Å²) in [5, 5.41) is 3.71. The summed E-state index contributed by atoms with van der Waals surface area (Å²) in [6, 6.07) is 1.31. The van der Waals surface area contributed by atoms with Crippen LogP contribution in [0.4, 0.5) is 0 Å². The predicted octanol–water partition coefficient (Wildman–Crippen LogP) is 2.90. The van der Waals surface area contributed by atoms with E-state index in [1.54, 1.807) is 0 Å². The van der Waals surface area contributed by atoms with Crippen LogP contribution in [0.1, 0.15) is 54.4 Å². The van der Waals surface area contributed by atoms with E-state index in [0.717, 1.165) is 19.7 Å². The molecule has 2 unspecified atom stereocenters. The number of nitrogens with one attached hydrogen (secondary N) is 1. The minimum Gasteiger partial charge on any atom is -0.375 e. The molecule has 1 saturated heterocycles. The van der Waals surface area contributed by atoms with Gasteiger partial charge in [0.1, 0.15) is 0 Å². The molecule has 0 aromatic heterocycles. The van der Waals surface area contributed by atoms with Gasteiger partial charge in [-0.05, 0) is 33.1 Å². The molecule has 3 heteroatoms. The van der Waals surface area contributed by atoms with E-state index in [1.807, 2.05) is 0 Å². The number of rotatable bonds is 6. The maximum absolute atomic E-state index is 5.89. The number of piperazine rings is 1. The predicted molar refractivity (Wildman–Crippen MR) is 82.6 cm³/mol. The van der Waals surface area contributed by atoms with Crippen molar-refractivity contribution in [3.8, 4) is 0 Å². The fourth-order valence-corrected chi connectivity index (χ4v) is 2.82. The summed E-state index contributed by atoms with van der Waals surface area (Å²) in [7, 11) is 0. The average Bonchev–Trinajstić information content (AvgIpc) is 2.27. The van der Waals surface area contributed by atoms with Gasteiger partial charge in [0, 0.05) is 31.7 Å². The van der Waals surface area contributed by atoms with E-state index in [-0.39, 0.29) is 5.60 Å². The molecule has 1 aliphatic rings. The highest BCUT2D eigenvalue weighted by atomic mass is 16.5. The number of hydrogen-bond donors (Lipinski definition) is 1. The molecule has 0 aromatic carbocycles. The molecule has 0 spiro atoms. The van der Waals surface area contributed by atoms with Crippen LogP contribution in [0.15, 0.2) is 0 Å². The summed E-state index contributed by atoms with van der Waals surface area (Å²) in [5.74, 6) is 0.699. The van der Waals surface area contributed by atoms with E-state index in [2.05, 4.69) is 51.8 Å². The number of hydrogen-bond acceptors (Lipinski definition) is 3. The molecule has 1 rings (SSSR count). The maximum Gasteiger partial charge on any atom is 0.0600 e. The van der Waals surface area contributed by atoms with Crippen LogP contribution in [0.25, 0.3) is 0 Å². The smallest absolute Gasteiger partial charge is 0.0600 e. The Hall–Kier alpha value is -0.120. The van der Waals surface area contributed by atoms with E-state index in [9.17, 15) is 0 Å². The van der Waals surface area contributed by atoms with Crippen molar-refractivity contribution in [2.24, 2.45) is 5.92 Å². The lowest BCUT2D eigenvalue weighted by molar-refractivity contribution is -0.0259. The van der Waals surface area contributed by atoms with Gasteiger partial charge in [-0.2, -0.15) is 0 Å². The van der Waals surface area contributed by atoms with E-state index < -0.39 is 0 Å². The fourth-order valence-electron chi connectivity index (χ4n) is 2.82. The fraction of sp³-hybridized carbons (Fsp3) is 1.00. The van der Waals surface area contributed by atoms with Crippen LogP contribution in [0.5, 0.6) is 0 Å². The van der Waals surface area contributed by atoms with Gasteiger partial charge in [-0.15, -0.1) is 0 Å². The van der Waals surface area contributed by atoms with Crippen LogP contribution >= 0.6 is 0 Å². The van der Waals surface area contributed by atoms with Gasteiger partial charge in [0.15, 0.2) is 0 Å². The van der Waals surface area contributed by atoms with E-state index in [1.165, 1.54) is 19.4 Å². The molecule has 0 aromatic rings. The molecule has 0 aliphatic carbocycles. The minimum atomic E-state index is -0.0236. The van der Waals surface area contributed by atoms with Crippen LogP contribution in [0.2, 0.25) is 0 Å². The second kappa shape index (κ2) is 7.61. The molecule has 2 atom stereocenters. The molecule has 114 valence electrons. The van der Waals surface area contributed by atoms with Crippen molar-refractivity contribution in [3.63, 3.8) is 0 Å². The summed E-state index contributed by atoms with van der Waals surface area (Å²) in [4.78, 5) is 2.63. The Morgan fingerprint density at radius 1 is 1.32 bits per heavy atom. The van der Waals surface area contributed by atoms with Crippen LogP contribution in [0.3, 0.4) is 0 Å². The molecule has 3 nitrogen and oxygen atoms in total. The van der Waals surface area contributed by atoms with Gasteiger partial charge in [0.2, 0.25) is 0 Å². The van der Waals surface area contributed by atoms with E-state index >= 15 is 0 Å². The Labute approximate surface area is 120 Å². The zero-order valence-corrected chi connectivity index (χ0v) is 13.8. The Kier molecular flexibility index (Phi) is 6.78. The SMILES string of the molecule is CCCC1CN(CCOC(C)(C)C)C(C(C)C)CN1. The second-order valence-corrected chi connectivity index (χ2v) is 7.16. The third-order valence-corrected chi connectivity index (χ3v) is 3.86. The molecular formula is C16H34N2O. The zero-order chi connectivity index (χ0) is 14.5. The van der Waals surface area contributed by atoms with Crippen molar-refractivity contribution in [1.82, 2.24) is 10.2 Å². The average molecular weight is 270 g/mol. The van der Waals surface area contributed by atoms with E-state index in [0.29, 0.717) is 18.0 Å². The molecule has 0 amide bonds. The lowest BCUT2D eigenvalue weighted by Crippen LogP contribution is -2.58. The van der Waals surface area contributed by atoms with Gasteiger partial charge >= 0.3 is 0 Å². The standard InChI is InChI=1S/C16H34N2O/c1-7-8-14-12-18(9-10-19-16(4,5)6)15(11-17-14)13(2)3/h13-15,17H,7-12H2,1-6H3. The highest BCUT2D eigenvalue weighted by molar-refractivity contribution is 4.87. The summed E-state index contributed by atoms with van der Waals surface area (Å²) in [6.07, 6.45) is 2.54. The Morgan fingerprint density at radius 2 is 2.00 bits per heavy atom. The molecule has 1 N–H and O–H groups in total. The number of nitrogens with zero attached hydrogens (tertiary/aromatic N) is 1. The Balaban J connectivity index is 2.47. The summed E-state index contributed by atoms with van der Waals surface area (Å²) in [5.41, 5.74) is -0.0236. The molecule has 0 radical (unpaired) electrons. The number of ether oxygens (including phenoxy) is 1. The van der Waals surface area contributed by atoms with Gasteiger partial charge in [-0.3, -0.25) is 4.90 Å². The molecule has 19 heavy (non-hydrogen) atoms. The van der Waals surface area contributed by atoms with Crippen LogP contribution in [0, 0.1) is 5.92 Å². The molecular weight excluding hydrogens is 236 g/mol. The lowest BCUT2D eigenvalue weighted by Gasteiger charge is -2.42. The molecule has 1 heterocycles. The van der Waals surface area contributed by atoms with Crippen molar-refractivity contribution >= 4 is 0 Å². The Bertz CT molecular complexity index is 248. The van der Waals surface area contributed by atoms with Crippen molar-refractivity contribution < 1.29 is 4.74 Å². The van der Waals surface area contributed by atoms with Gasteiger partial charge in [-0.25, -0.2) is 0 Å². The van der Waals surface area contributed by atoms with Gasteiger partial charge < -0.3 is 10.1 Å². The normalized spacial score (nSPS) is 26.1. The third kappa shape index (κ3) is 6.24.